The van der Waals surface area contributed by atoms with Crippen LogP contribution in [0.3, 0.4) is 0 Å². The number of imide groups is 1. The molecular formula is C27H27N5O7S2. The lowest BCUT2D eigenvalue weighted by atomic mass is 10.3. The Labute approximate surface area is 244 Å². The Kier molecular flexibility index (Phi) is 11.8. The molecule has 0 atom stereocenters. The maximum atomic E-state index is 13.4. The molecule has 0 radical (unpaired) electrons. The van der Waals surface area contributed by atoms with Gasteiger partial charge in [0.1, 0.15) is 28.8 Å². The van der Waals surface area contributed by atoms with Gasteiger partial charge in [-0.05, 0) is 66.8 Å². The molecule has 214 valence electrons. The SMILES string of the molecule is CC(=O)COCCOCCOCCOc1ccc(N2C(=O)C(Sc3ncccn3)=C(Sc3ncccn3)C2=O)cc1. The van der Waals surface area contributed by atoms with Gasteiger partial charge in [-0.15, -0.1) is 0 Å². The van der Waals surface area contributed by atoms with E-state index in [0.717, 1.165) is 28.4 Å². The average Bonchev–Trinajstić information content (AvgIpc) is 3.21. The summed E-state index contributed by atoms with van der Waals surface area (Å²) in [4.78, 5) is 55.9. The molecule has 0 saturated heterocycles. The highest BCUT2D eigenvalue weighted by molar-refractivity contribution is 8.08. The zero-order chi connectivity index (χ0) is 28.9. The molecule has 41 heavy (non-hydrogen) atoms. The van der Waals surface area contributed by atoms with Gasteiger partial charge in [-0.3, -0.25) is 14.4 Å². The quantitative estimate of drug-likeness (QED) is 0.128. The Balaban J connectivity index is 1.29. The zero-order valence-electron chi connectivity index (χ0n) is 22.1. The molecule has 1 aliphatic heterocycles. The van der Waals surface area contributed by atoms with Crippen molar-refractivity contribution in [2.45, 2.75) is 17.2 Å². The Morgan fingerprint density at radius 1 is 0.707 bits per heavy atom. The topological polar surface area (TPSA) is 143 Å². The summed E-state index contributed by atoms with van der Waals surface area (Å²) in [5.41, 5.74) is 0.393. The van der Waals surface area contributed by atoms with Crippen molar-refractivity contribution in [1.29, 1.82) is 0 Å². The molecule has 3 aromatic rings. The summed E-state index contributed by atoms with van der Waals surface area (Å²) >= 11 is 2.04. The van der Waals surface area contributed by atoms with Crippen molar-refractivity contribution in [2.75, 3.05) is 51.1 Å². The number of aromatic nitrogens is 4. The van der Waals surface area contributed by atoms with Crippen LogP contribution in [0.25, 0.3) is 0 Å². The number of thioether (sulfide) groups is 2. The van der Waals surface area contributed by atoms with Gasteiger partial charge < -0.3 is 18.9 Å². The number of hydrogen-bond donors (Lipinski definition) is 0. The van der Waals surface area contributed by atoms with Crippen LogP contribution in [0, 0.1) is 0 Å². The number of rotatable bonds is 17. The molecule has 2 aromatic heterocycles. The van der Waals surface area contributed by atoms with E-state index in [9.17, 15) is 14.4 Å². The Morgan fingerprint density at radius 2 is 1.17 bits per heavy atom. The molecule has 14 heteroatoms. The van der Waals surface area contributed by atoms with Gasteiger partial charge in [0, 0.05) is 24.8 Å². The highest BCUT2D eigenvalue weighted by Gasteiger charge is 2.41. The van der Waals surface area contributed by atoms with Gasteiger partial charge >= 0.3 is 0 Å². The number of carbonyl (C=O) groups excluding carboxylic acids is 3. The number of nitrogens with zero attached hydrogens (tertiary/aromatic N) is 5. The molecule has 4 rings (SSSR count). The lowest BCUT2D eigenvalue weighted by Crippen LogP contribution is -2.31. The van der Waals surface area contributed by atoms with Crippen LogP contribution in [-0.2, 0) is 28.6 Å². The fourth-order valence-electron chi connectivity index (χ4n) is 3.33. The van der Waals surface area contributed by atoms with E-state index in [1.54, 1.807) is 61.2 Å². The van der Waals surface area contributed by atoms with E-state index < -0.39 is 11.8 Å². The minimum absolute atomic E-state index is 0.0248. The van der Waals surface area contributed by atoms with E-state index in [2.05, 4.69) is 19.9 Å². The summed E-state index contributed by atoms with van der Waals surface area (Å²) in [5, 5.41) is 0.683. The number of ketones is 1. The number of ether oxygens (including phenoxy) is 4. The van der Waals surface area contributed by atoms with E-state index in [0.29, 0.717) is 61.4 Å². The number of anilines is 1. The molecule has 0 fully saturated rings. The molecular weight excluding hydrogens is 570 g/mol. The van der Waals surface area contributed by atoms with Crippen molar-refractivity contribution in [2.24, 2.45) is 0 Å². The van der Waals surface area contributed by atoms with Crippen molar-refractivity contribution >= 4 is 46.8 Å². The van der Waals surface area contributed by atoms with Crippen LogP contribution < -0.4 is 9.64 Å². The molecule has 1 aromatic carbocycles. The highest BCUT2D eigenvalue weighted by Crippen LogP contribution is 2.42. The normalized spacial score (nSPS) is 13.2. The molecule has 0 unspecified atom stereocenters. The van der Waals surface area contributed by atoms with Crippen LogP contribution in [0.1, 0.15) is 6.92 Å². The molecule has 0 aliphatic carbocycles. The highest BCUT2D eigenvalue weighted by atomic mass is 32.2. The van der Waals surface area contributed by atoms with Gasteiger partial charge in [0.2, 0.25) is 0 Å². The number of hydrogen-bond acceptors (Lipinski definition) is 13. The maximum Gasteiger partial charge on any atom is 0.273 e. The Hall–Kier alpha value is -3.69. The van der Waals surface area contributed by atoms with Crippen LogP contribution in [0.15, 0.2) is 81.3 Å². The third kappa shape index (κ3) is 9.16. The smallest absolute Gasteiger partial charge is 0.273 e. The van der Waals surface area contributed by atoms with Crippen molar-refractivity contribution in [3.63, 3.8) is 0 Å². The van der Waals surface area contributed by atoms with Crippen LogP contribution in [0.2, 0.25) is 0 Å². The second-order valence-electron chi connectivity index (χ2n) is 8.19. The van der Waals surface area contributed by atoms with Gasteiger partial charge in [0.05, 0.1) is 38.7 Å². The number of Topliss-reactive ketones (excluding diaryl/α,β-unsaturated/α-hetero) is 1. The van der Waals surface area contributed by atoms with E-state index in [1.165, 1.54) is 6.92 Å². The zero-order valence-corrected chi connectivity index (χ0v) is 23.8. The number of benzene rings is 1. The predicted octanol–water partition coefficient (Wildman–Crippen LogP) is 2.95. The summed E-state index contributed by atoms with van der Waals surface area (Å²) in [6.07, 6.45) is 6.26. The summed E-state index contributed by atoms with van der Waals surface area (Å²) in [6.45, 7) is 3.75. The van der Waals surface area contributed by atoms with Crippen LogP contribution in [0.4, 0.5) is 5.69 Å². The van der Waals surface area contributed by atoms with Crippen molar-refractivity contribution in [3.8, 4) is 5.75 Å². The molecule has 0 N–H and O–H groups in total. The average molecular weight is 598 g/mol. The Bertz CT molecular complexity index is 1280. The number of amides is 2. The van der Waals surface area contributed by atoms with Crippen LogP contribution in [0.5, 0.6) is 5.75 Å². The first-order valence-electron chi connectivity index (χ1n) is 12.5. The second kappa shape index (κ2) is 15.9. The summed E-state index contributed by atoms with van der Waals surface area (Å²) in [7, 11) is 0. The first-order valence-corrected chi connectivity index (χ1v) is 14.1. The first-order chi connectivity index (χ1) is 20.0. The third-order valence-electron chi connectivity index (χ3n) is 5.11. The van der Waals surface area contributed by atoms with Gasteiger partial charge in [-0.1, -0.05) is 0 Å². The van der Waals surface area contributed by atoms with E-state index in [1.807, 2.05) is 0 Å². The molecule has 3 heterocycles. The molecule has 0 bridgehead atoms. The molecule has 0 saturated carbocycles. The lowest BCUT2D eigenvalue weighted by molar-refractivity contribution is -0.122. The monoisotopic (exact) mass is 597 g/mol. The maximum absolute atomic E-state index is 13.4. The van der Waals surface area contributed by atoms with Crippen molar-refractivity contribution in [3.05, 3.63) is 71.0 Å². The predicted molar refractivity (Wildman–Crippen MR) is 150 cm³/mol. The van der Waals surface area contributed by atoms with Gasteiger partial charge in [-0.2, -0.15) is 0 Å². The standard InChI is InChI=1S/C27H27N5O7S2/c1-19(33)18-38-15-14-36-12-13-37-16-17-39-21-6-4-20(5-7-21)32-24(34)22(40-26-28-8-2-9-29-26)23(25(32)35)41-27-30-10-3-11-31-27/h2-11H,12-18H2,1H3. The van der Waals surface area contributed by atoms with Gasteiger partial charge in [-0.25, -0.2) is 24.8 Å². The van der Waals surface area contributed by atoms with Gasteiger partial charge in [0.25, 0.3) is 11.8 Å². The molecule has 1 aliphatic rings. The largest absolute Gasteiger partial charge is 0.491 e. The molecule has 2 amide bonds. The summed E-state index contributed by atoms with van der Waals surface area (Å²) in [6, 6.07) is 9.98. The fraction of sp³-hybridized carbons (Fsp3) is 0.296. The van der Waals surface area contributed by atoms with Crippen LogP contribution >= 0.6 is 23.5 Å². The summed E-state index contributed by atoms with van der Waals surface area (Å²) < 4.78 is 21.7. The molecule has 0 spiro atoms. The minimum atomic E-state index is -0.486. The van der Waals surface area contributed by atoms with Crippen molar-refractivity contribution < 1.29 is 33.3 Å². The second-order valence-corrected chi connectivity index (χ2v) is 10.1. The van der Waals surface area contributed by atoms with E-state index in [4.69, 9.17) is 18.9 Å². The van der Waals surface area contributed by atoms with Crippen LogP contribution in [-0.4, -0.2) is 83.8 Å². The van der Waals surface area contributed by atoms with E-state index >= 15 is 0 Å². The van der Waals surface area contributed by atoms with E-state index in [-0.39, 0.29) is 22.2 Å². The third-order valence-corrected chi connectivity index (χ3v) is 7.19. The Morgan fingerprint density at radius 3 is 1.66 bits per heavy atom. The summed E-state index contributed by atoms with van der Waals surface area (Å²) in [5.74, 6) is -0.438. The molecule has 12 nitrogen and oxygen atoms in total. The number of carbonyl (C=O) groups is 3. The fourth-order valence-corrected chi connectivity index (χ4v) is 5.12. The lowest BCUT2D eigenvalue weighted by Gasteiger charge is -2.15. The first kappa shape index (κ1) is 30.3. The minimum Gasteiger partial charge on any atom is -0.491 e. The van der Waals surface area contributed by atoms with Gasteiger partial charge in [0.15, 0.2) is 16.1 Å². The van der Waals surface area contributed by atoms with Crippen molar-refractivity contribution in [1.82, 2.24) is 19.9 Å².